The van der Waals surface area contributed by atoms with E-state index >= 15 is 0 Å². The van der Waals surface area contributed by atoms with Crippen molar-refractivity contribution >= 4 is 22.9 Å². The molecule has 0 saturated heterocycles. The summed E-state index contributed by atoms with van der Waals surface area (Å²) in [5.74, 6) is -0.108. The first-order valence-electron chi connectivity index (χ1n) is 7.60. The van der Waals surface area contributed by atoms with Crippen LogP contribution in [0.25, 0.3) is 0 Å². The SMILES string of the molecule is COC(C(=O)N(Cc1ccsc1)c1cccnc1)c1ccccc1. The summed E-state index contributed by atoms with van der Waals surface area (Å²) >= 11 is 1.61. The molecule has 3 aromatic rings. The van der Waals surface area contributed by atoms with Gasteiger partial charge in [-0.1, -0.05) is 30.3 Å². The summed E-state index contributed by atoms with van der Waals surface area (Å²) in [6.07, 6.45) is 2.74. The molecule has 1 unspecified atom stereocenters. The molecule has 1 aromatic carbocycles. The molecular formula is C19H18N2O2S. The zero-order chi connectivity index (χ0) is 16.8. The highest BCUT2D eigenvalue weighted by Gasteiger charge is 2.27. The molecule has 0 saturated carbocycles. The molecule has 2 aromatic heterocycles. The van der Waals surface area contributed by atoms with Crippen LogP contribution < -0.4 is 4.90 Å². The molecule has 4 nitrogen and oxygen atoms in total. The van der Waals surface area contributed by atoms with Crippen molar-refractivity contribution in [3.63, 3.8) is 0 Å². The van der Waals surface area contributed by atoms with E-state index in [2.05, 4.69) is 4.98 Å². The van der Waals surface area contributed by atoms with Gasteiger partial charge in [-0.25, -0.2) is 0 Å². The van der Waals surface area contributed by atoms with Crippen LogP contribution in [0.1, 0.15) is 17.2 Å². The first-order valence-corrected chi connectivity index (χ1v) is 8.54. The smallest absolute Gasteiger partial charge is 0.261 e. The summed E-state index contributed by atoms with van der Waals surface area (Å²) < 4.78 is 5.51. The number of hydrogen-bond donors (Lipinski definition) is 0. The highest BCUT2D eigenvalue weighted by Crippen LogP contribution is 2.25. The minimum Gasteiger partial charge on any atom is -0.367 e. The van der Waals surface area contributed by atoms with Gasteiger partial charge in [-0.2, -0.15) is 11.3 Å². The summed E-state index contributed by atoms with van der Waals surface area (Å²) in [6.45, 7) is 0.487. The second-order valence-electron chi connectivity index (χ2n) is 5.29. The van der Waals surface area contributed by atoms with E-state index < -0.39 is 6.10 Å². The van der Waals surface area contributed by atoms with E-state index in [-0.39, 0.29) is 5.91 Å². The van der Waals surface area contributed by atoms with Gasteiger partial charge in [0.15, 0.2) is 6.10 Å². The second-order valence-corrected chi connectivity index (χ2v) is 6.07. The molecule has 0 aliphatic carbocycles. The number of benzene rings is 1. The fourth-order valence-corrected chi connectivity index (χ4v) is 3.18. The van der Waals surface area contributed by atoms with Crippen molar-refractivity contribution in [1.29, 1.82) is 0 Å². The largest absolute Gasteiger partial charge is 0.367 e. The number of nitrogens with zero attached hydrogens (tertiary/aromatic N) is 2. The molecule has 0 aliphatic heterocycles. The summed E-state index contributed by atoms with van der Waals surface area (Å²) in [5.41, 5.74) is 2.68. The van der Waals surface area contributed by atoms with Crippen LogP contribution in [0.3, 0.4) is 0 Å². The number of ether oxygens (including phenoxy) is 1. The summed E-state index contributed by atoms with van der Waals surface area (Å²) in [7, 11) is 1.56. The number of hydrogen-bond acceptors (Lipinski definition) is 4. The van der Waals surface area contributed by atoms with E-state index in [1.54, 1.807) is 35.7 Å². The van der Waals surface area contributed by atoms with Crippen molar-refractivity contribution in [3.8, 4) is 0 Å². The number of amides is 1. The molecule has 0 bridgehead atoms. The maximum atomic E-state index is 13.2. The van der Waals surface area contributed by atoms with Gasteiger partial charge in [0, 0.05) is 13.3 Å². The standard InChI is InChI=1S/C19H18N2O2S/c1-23-18(16-6-3-2-4-7-16)19(22)21(13-15-9-11-24-14-15)17-8-5-10-20-12-17/h2-12,14,18H,13H2,1H3. The number of pyridine rings is 1. The van der Waals surface area contributed by atoms with Crippen LogP contribution in [-0.2, 0) is 16.1 Å². The molecule has 0 N–H and O–H groups in total. The molecule has 0 spiro atoms. The molecule has 0 fully saturated rings. The first kappa shape index (κ1) is 16.4. The molecular weight excluding hydrogens is 320 g/mol. The van der Waals surface area contributed by atoms with E-state index in [4.69, 9.17) is 4.74 Å². The summed E-state index contributed by atoms with van der Waals surface area (Å²) in [6, 6.07) is 15.3. The van der Waals surface area contributed by atoms with Gasteiger partial charge in [-0.3, -0.25) is 9.78 Å². The van der Waals surface area contributed by atoms with Crippen molar-refractivity contribution < 1.29 is 9.53 Å². The topological polar surface area (TPSA) is 42.4 Å². The van der Waals surface area contributed by atoms with Crippen molar-refractivity contribution in [2.24, 2.45) is 0 Å². The summed E-state index contributed by atoms with van der Waals surface area (Å²) in [5, 5.41) is 4.05. The predicted molar refractivity (Wildman–Crippen MR) is 95.9 cm³/mol. The number of carbonyl (C=O) groups excluding carboxylic acids is 1. The molecule has 2 heterocycles. The molecule has 24 heavy (non-hydrogen) atoms. The Hall–Kier alpha value is -2.50. The lowest BCUT2D eigenvalue weighted by atomic mass is 10.1. The van der Waals surface area contributed by atoms with Gasteiger partial charge in [0.1, 0.15) is 0 Å². The zero-order valence-corrected chi connectivity index (χ0v) is 14.1. The number of methoxy groups -OCH3 is 1. The van der Waals surface area contributed by atoms with Crippen molar-refractivity contribution in [3.05, 3.63) is 82.8 Å². The Labute approximate surface area is 145 Å². The number of aromatic nitrogens is 1. The molecule has 1 atom stereocenters. The maximum absolute atomic E-state index is 13.2. The normalized spacial score (nSPS) is 11.9. The van der Waals surface area contributed by atoms with Gasteiger partial charge in [0.25, 0.3) is 5.91 Å². The Morgan fingerprint density at radius 1 is 1.21 bits per heavy atom. The molecule has 1 amide bonds. The Balaban J connectivity index is 1.93. The first-order chi connectivity index (χ1) is 11.8. The van der Waals surface area contributed by atoms with Crippen LogP contribution >= 0.6 is 11.3 Å². The second kappa shape index (κ2) is 7.86. The third-order valence-corrected chi connectivity index (χ3v) is 4.44. The Morgan fingerprint density at radius 2 is 2.04 bits per heavy atom. The monoisotopic (exact) mass is 338 g/mol. The van der Waals surface area contributed by atoms with E-state index in [0.29, 0.717) is 6.54 Å². The van der Waals surface area contributed by atoms with Gasteiger partial charge in [-0.15, -0.1) is 0 Å². The lowest BCUT2D eigenvalue weighted by Gasteiger charge is -2.26. The van der Waals surface area contributed by atoms with E-state index in [1.807, 2.05) is 59.3 Å². The van der Waals surface area contributed by atoms with Crippen LogP contribution in [0.2, 0.25) is 0 Å². The highest BCUT2D eigenvalue weighted by atomic mass is 32.1. The lowest BCUT2D eigenvalue weighted by Crippen LogP contribution is -2.35. The molecule has 0 radical (unpaired) electrons. The molecule has 122 valence electrons. The van der Waals surface area contributed by atoms with Crippen molar-refractivity contribution in [1.82, 2.24) is 4.98 Å². The third kappa shape index (κ3) is 3.69. The van der Waals surface area contributed by atoms with Crippen LogP contribution in [0.4, 0.5) is 5.69 Å². The Kier molecular flexibility index (Phi) is 5.36. The molecule has 3 rings (SSSR count). The fourth-order valence-electron chi connectivity index (χ4n) is 2.52. The number of rotatable bonds is 6. The van der Waals surface area contributed by atoms with Crippen LogP contribution in [-0.4, -0.2) is 18.0 Å². The number of thiophene rings is 1. The Bertz CT molecular complexity index is 761. The van der Waals surface area contributed by atoms with E-state index in [9.17, 15) is 4.79 Å². The fraction of sp³-hybridized carbons (Fsp3) is 0.158. The predicted octanol–water partition coefficient (Wildman–Crippen LogP) is 4.06. The van der Waals surface area contributed by atoms with Crippen LogP contribution in [0.15, 0.2) is 71.7 Å². The third-order valence-electron chi connectivity index (χ3n) is 3.71. The van der Waals surface area contributed by atoms with Gasteiger partial charge in [-0.05, 0) is 40.1 Å². The van der Waals surface area contributed by atoms with Crippen LogP contribution in [0, 0.1) is 0 Å². The minimum absolute atomic E-state index is 0.108. The van der Waals surface area contributed by atoms with Crippen molar-refractivity contribution in [2.75, 3.05) is 12.0 Å². The van der Waals surface area contributed by atoms with Gasteiger partial charge in [0.2, 0.25) is 0 Å². The maximum Gasteiger partial charge on any atom is 0.261 e. The lowest BCUT2D eigenvalue weighted by molar-refractivity contribution is -0.128. The molecule has 5 heteroatoms. The average molecular weight is 338 g/mol. The van der Waals surface area contributed by atoms with Crippen molar-refractivity contribution in [2.45, 2.75) is 12.6 Å². The zero-order valence-electron chi connectivity index (χ0n) is 13.3. The number of carbonyl (C=O) groups is 1. The summed E-state index contributed by atoms with van der Waals surface area (Å²) in [4.78, 5) is 19.0. The van der Waals surface area contributed by atoms with E-state index in [1.165, 1.54) is 0 Å². The quantitative estimate of drug-likeness (QED) is 0.680. The Morgan fingerprint density at radius 3 is 2.67 bits per heavy atom. The molecule has 0 aliphatic rings. The highest BCUT2D eigenvalue weighted by molar-refractivity contribution is 7.07. The van der Waals surface area contributed by atoms with Gasteiger partial charge in [0.05, 0.1) is 18.4 Å². The van der Waals surface area contributed by atoms with Crippen LogP contribution in [0.5, 0.6) is 0 Å². The minimum atomic E-state index is -0.648. The van der Waals surface area contributed by atoms with Gasteiger partial charge >= 0.3 is 0 Å². The number of anilines is 1. The van der Waals surface area contributed by atoms with Gasteiger partial charge < -0.3 is 9.64 Å². The average Bonchev–Trinajstić information content (AvgIpc) is 3.15. The van der Waals surface area contributed by atoms with E-state index in [0.717, 1.165) is 16.8 Å².